The third-order valence-electron chi connectivity index (χ3n) is 8.39. The molecule has 0 amide bonds. The quantitative estimate of drug-likeness (QED) is 0.224. The van der Waals surface area contributed by atoms with Crippen molar-refractivity contribution in [2.24, 2.45) is 29.6 Å². The summed E-state index contributed by atoms with van der Waals surface area (Å²) < 4.78 is 11.1. The summed E-state index contributed by atoms with van der Waals surface area (Å²) in [5, 5.41) is 9.10. The lowest BCUT2D eigenvalue weighted by molar-refractivity contribution is -0.157. The number of nitriles is 1. The second-order valence-electron chi connectivity index (χ2n) is 10.8. The fourth-order valence-electron chi connectivity index (χ4n) is 6.17. The highest BCUT2D eigenvalue weighted by molar-refractivity contribution is 5.86. The van der Waals surface area contributed by atoms with Gasteiger partial charge in [0.25, 0.3) is 0 Å². The van der Waals surface area contributed by atoms with Gasteiger partial charge in [0.15, 0.2) is 0 Å². The third-order valence-corrected chi connectivity index (χ3v) is 8.39. The van der Waals surface area contributed by atoms with E-state index in [1.807, 2.05) is 0 Å². The van der Waals surface area contributed by atoms with E-state index < -0.39 is 0 Å². The summed E-state index contributed by atoms with van der Waals surface area (Å²) in [6, 6.07) is 2.44. The van der Waals surface area contributed by atoms with E-state index in [0.717, 1.165) is 82.5 Å². The number of ether oxygens (including phenoxy) is 2. The second kappa shape index (κ2) is 13.2. The van der Waals surface area contributed by atoms with Crippen LogP contribution in [0.25, 0.3) is 0 Å². The molecule has 3 fully saturated rings. The minimum atomic E-state index is -0.301. The van der Waals surface area contributed by atoms with Crippen molar-refractivity contribution in [3.63, 3.8) is 0 Å². The molecule has 0 unspecified atom stereocenters. The first kappa shape index (κ1) is 25.8. The molecule has 5 nitrogen and oxygen atoms in total. The Morgan fingerprint density at radius 3 is 2.06 bits per heavy atom. The molecule has 0 aromatic carbocycles. The number of hydrogen-bond acceptors (Lipinski definition) is 5. The maximum atomic E-state index is 12.7. The monoisotopic (exact) mass is 457 g/mol. The van der Waals surface area contributed by atoms with Crippen LogP contribution in [0, 0.1) is 40.9 Å². The predicted octanol–water partition coefficient (Wildman–Crippen LogP) is 6.51. The van der Waals surface area contributed by atoms with Crippen molar-refractivity contribution in [3.05, 3.63) is 12.2 Å². The zero-order valence-corrected chi connectivity index (χ0v) is 20.6. The lowest BCUT2D eigenvalue weighted by Crippen LogP contribution is -2.32. The standard InChI is InChI=1S/C28H43NO4/c1-20(2)27(30)32-18-4-3-5-21-6-12-25(13-7-21)28(31)33-26-16-14-24(15-17-26)23-10-8-22(19-29)9-11-23/h21-26H,1,3-18H2,2H3. The van der Waals surface area contributed by atoms with Gasteiger partial charge in [0.1, 0.15) is 6.10 Å². The van der Waals surface area contributed by atoms with Gasteiger partial charge in [0.2, 0.25) is 0 Å². The van der Waals surface area contributed by atoms with E-state index in [-0.39, 0.29) is 29.9 Å². The highest BCUT2D eigenvalue weighted by Gasteiger charge is 2.34. The fraction of sp³-hybridized carbons (Fsp3) is 0.821. The molecule has 3 aliphatic rings. The Labute approximate surface area is 200 Å². The number of carbonyl (C=O) groups is 2. The number of nitrogens with zero attached hydrogens (tertiary/aromatic N) is 1. The molecule has 0 bridgehead atoms. The minimum absolute atomic E-state index is 0.0399. The van der Waals surface area contributed by atoms with Gasteiger partial charge in [-0.2, -0.15) is 5.26 Å². The maximum Gasteiger partial charge on any atom is 0.333 e. The molecule has 0 heterocycles. The van der Waals surface area contributed by atoms with Crippen molar-refractivity contribution in [1.82, 2.24) is 0 Å². The first-order valence-corrected chi connectivity index (χ1v) is 13.4. The molecule has 0 spiro atoms. The van der Waals surface area contributed by atoms with Crippen LogP contribution < -0.4 is 0 Å². The van der Waals surface area contributed by atoms with Gasteiger partial charge >= 0.3 is 11.9 Å². The number of esters is 2. The Morgan fingerprint density at radius 2 is 1.48 bits per heavy atom. The molecule has 0 aromatic rings. The Hall–Kier alpha value is -1.83. The van der Waals surface area contributed by atoms with Crippen molar-refractivity contribution >= 4 is 11.9 Å². The van der Waals surface area contributed by atoms with Crippen LogP contribution in [0.3, 0.4) is 0 Å². The van der Waals surface area contributed by atoms with E-state index in [4.69, 9.17) is 14.7 Å². The molecule has 184 valence electrons. The largest absolute Gasteiger partial charge is 0.462 e. The van der Waals surface area contributed by atoms with E-state index in [9.17, 15) is 9.59 Å². The SMILES string of the molecule is C=C(C)C(=O)OCCCCC1CCC(C(=O)OC2CCC(C3CCC(C#N)CC3)CC2)CC1. The van der Waals surface area contributed by atoms with E-state index in [1.54, 1.807) is 6.92 Å². The number of hydrogen-bond donors (Lipinski definition) is 0. The predicted molar refractivity (Wildman–Crippen MR) is 128 cm³/mol. The van der Waals surface area contributed by atoms with Crippen LogP contribution in [-0.2, 0) is 19.1 Å². The van der Waals surface area contributed by atoms with Crippen LogP contribution in [-0.4, -0.2) is 24.6 Å². The molecule has 33 heavy (non-hydrogen) atoms. The summed E-state index contributed by atoms with van der Waals surface area (Å²) >= 11 is 0. The second-order valence-corrected chi connectivity index (χ2v) is 10.8. The highest BCUT2D eigenvalue weighted by Crippen LogP contribution is 2.41. The van der Waals surface area contributed by atoms with Crippen LogP contribution in [0.15, 0.2) is 12.2 Å². The average molecular weight is 458 g/mol. The van der Waals surface area contributed by atoms with Crippen LogP contribution in [0.1, 0.15) is 103 Å². The Morgan fingerprint density at radius 1 is 0.879 bits per heavy atom. The smallest absolute Gasteiger partial charge is 0.333 e. The fourth-order valence-corrected chi connectivity index (χ4v) is 6.17. The summed E-state index contributed by atoms with van der Waals surface area (Å²) in [7, 11) is 0. The van der Waals surface area contributed by atoms with Gasteiger partial charge in [0, 0.05) is 11.5 Å². The third kappa shape index (κ3) is 8.16. The first-order chi connectivity index (χ1) is 16.0. The summed E-state index contributed by atoms with van der Waals surface area (Å²) in [6.07, 6.45) is 16.2. The van der Waals surface area contributed by atoms with E-state index >= 15 is 0 Å². The number of unbranched alkanes of at least 4 members (excludes halogenated alkanes) is 1. The van der Waals surface area contributed by atoms with Crippen LogP contribution in [0.4, 0.5) is 0 Å². The molecule has 5 heteroatoms. The van der Waals surface area contributed by atoms with Gasteiger partial charge in [-0.25, -0.2) is 4.79 Å². The normalized spacial score (nSPS) is 32.4. The summed E-state index contributed by atoms with van der Waals surface area (Å²) in [5.74, 6) is 2.32. The Bertz CT molecular complexity index is 687. The minimum Gasteiger partial charge on any atom is -0.462 e. The molecule has 0 N–H and O–H groups in total. The maximum absolute atomic E-state index is 12.7. The Balaban J connectivity index is 1.25. The number of carbonyl (C=O) groups excluding carboxylic acids is 2. The summed E-state index contributed by atoms with van der Waals surface area (Å²) in [6.45, 7) is 5.73. The Kier molecular flexibility index (Phi) is 10.3. The molecule has 3 rings (SSSR count). The van der Waals surface area contributed by atoms with Crippen molar-refractivity contribution < 1.29 is 19.1 Å². The lowest BCUT2D eigenvalue weighted by Gasteiger charge is -2.37. The van der Waals surface area contributed by atoms with E-state index in [2.05, 4.69) is 12.6 Å². The zero-order valence-electron chi connectivity index (χ0n) is 20.6. The number of rotatable bonds is 9. The zero-order chi connectivity index (χ0) is 23.6. The molecule has 0 radical (unpaired) electrons. The average Bonchev–Trinajstić information content (AvgIpc) is 2.84. The molecule has 0 saturated heterocycles. The molecule has 0 aliphatic heterocycles. The molecule has 3 aliphatic carbocycles. The van der Waals surface area contributed by atoms with Gasteiger partial charge in [-0.3, -0.25) is 4.79 Å². The van der Waals surface area contributed by atoms with Crippen molar-refractivity contribution in [3.8, 4) is 6.07 Å². The van der Waals surface area contributed by atoms with E-state index in [0.29, 0.717) is 18.1 Å². The lowest BCUT2D eigenvalue weighted by atomic mass is 9.71. The highest BCUT2D eigenvalue weighted by atomic mass is 16.5. The molecular formula is C28H43NO4. The van der Waals surface area contributed by atoms with Crippen LogP contribution in [0.2, 0.25) is 0 Å². The summed E-state index contributed by atoms with van der Waals surface area (Å²) in [5.41, 5.74) is 0.451. The van der Waals surface area contributed by atoms with Gasteiger partial charge in [-0.15, -0.1) is 0 Å². The van der Waals surface area contributed by atoms with Crippen LogP contribution in [0.5, 0.6) is 0 Å². The molecule has 3 saturated carbocycles. The van der Waals surface area contributed by atoms with Gasteiger partial charge < -0.3 is 9.47 Å². The molecule has 0 aromatic heterocycles. The molecule has 0 atom stereocenters. The van der Waals surface area contributed by atoms with Crippen molar-refractivity contribution in [1.29, 1.82) is 5.26 Å². The van der Waals surface area contributed by atoms with Crippen molar-refractivity contribution in [2.75, 3.05) is 6.61 Å². The van der Waals surface area contributed by atoms with Gasteiger partial charge in [-0.1, -0.05) is 13.0 Å². The summed E-state index contributed by atoms with van der Waals surface area (Å²) in [4.78, 5) is 24.1. The van der Waals surface area contributed by atoms with Crippen molar-refractivity contribution in [2.45, 2.75) is 109 Å². The van der Waals surface area contributed by atoms with Gasteiger partial charge in [0.05, 0.1) is 18.6 Å². The van der Waals surface area contributed by atoms with E-state index in [1.165, 1.54) is 25.7 Å². The van der Waals surface area contributed by atoms with Crippen LogP contribution >= 0.6 is 0 Å². The first-order valence-electron chi connectivity index (χ1n) is 13.4. The molecular weight excluding hydrogens is 414 g/mol. The topological polar surface area (TPSA) is 76.4 Å². The van der Waals surface area contributed by atoms with Gasteiger partial charge in [-0.05, 0) is 115 Å².